The monoisotopic (exact) mass is 689 g/mol. The normalized spacial score (nSPS) is 12.1. The topological polar surface area (TPSA) is 35.9 Å². The first-order valence-corrected chi connectivity index (χ1v) is 19.2. The molecule has 0 spiro atoms. The maximum atomic E-state index is 6.25. The van der Waals surface area contributed by atoms with Crippen molar-refractivity contribution in [3.63, 3.8) is 0 Å². The molecule has 6 aromatic carbocycles. The lowest BCUT2D eigenvalue weighted by atomic mass is 10.1. The third-order valence-electron chi connectivity index (χ3n) is 10.0. The minimum Gasteiger partial charge on any atom is -0.462 e. The number of furan rings is 1. The number of rotatable bonds is 5. The van der Waals surface area contributed by atoms with Crippen molar-refractivity contribution in [3.05, 3.63) is 170 Å². The molecule has 51 heavy (non-hydrogen) atoms. The SMILES string of the molecule is c1ccc(P(c2ccccc2)n2c3ccccc3c3sc4cc5c6ccccc6n(-c6coc7ccc(-c8ccccn8)cc67)c5cc4c32)cc1. The fraction of sp³-hybridized carbons (Fsp3) is 0. The average molecular weight is 690 g/mol. The van der Waals surface area contributed by atoms with Crippen LogP contribution in [-0.2, 0) is 0 Å². The van der Waals surface area contributed by atoms with E-state index in [0.717, 1.165) is 38.9 Å². The zero-order valence-corrected chi connectivity index (χ0v) is 29.0. The van der Waals surface area contributed by atoms with Crippen LogP contribution in [0, 0.1) is 0 Å². The molecule has 0 saturated carbocycles. The lowest BCUT2D eigenvalue weighted by Crippen LogP contribution is -2.16. The molecule has 240 valence electrons. The van der Waals surface area contributed by atoms with Gasteiger partial charge in [0, 0.05) is 54.0 Å². The summed E-state index contributed by atoms with van der Waals surface area (Å²) < 4.78 is 13.9. The summed E-state index contributed by atoms with van der Waals surface area (Å²) in [6, 6.07) is 56.9. The van der Waals surface area contributed by atoms with Crippen LogP contribution in [0.25, 0.3) is 80.9 Å². The van der Waals surface area contributed by atoms with E-state index in [-0.39, 0.29) is 0 Å². The molecular weight excluding hydrogens is 662 g/mol. The van der Waals surface area contributed by atoms with Gasteiger partial charge in [-0.05, 0) is 54.6 Å². The van der Waals surface area contributed by atoms with E-state index in [2.05, 4.69) is 159 Å². The van der Waals surface area contributed by atoms with E-state index < -0.39 is 8.07 Å². The molecule has 0 atom stereocenters. The molecule has 0 fully saturated rings. The van der Waals surface area contributed by atoms with Crippen LogP contribution < -0.4 is 10.6 Å². The second-order valence-corrected chi connectivity index (χ2v) is 16.0. The van der Waals surface area contributed by atoms with Crippen molar-refractivity contribution >= 4 is 94.0 Å². The molecule has 0 amide bonds. The van der Waals surface area contributed by atoms with Gasteiger partial charge in [0.25, 0.3) is 0 Å². The number of aromatic nitrogens is 3. The van der Waals surface area contributed by atoms with Crippen molar-refractivity contribution in [1.29, 1.82) is 0 Å². The molecule has 5 heterocycles. The highest BCUT2D eigenvalue weighted by molar-refractivity contribution is 7.72. The number of thiophene rings is 1. The van der Waals surface area contributed by atoms with Crippen molar-refractivity contribution in [3.8, 4) is 16.9 Å². The van der Waals surface area contributed by atoms with Gasteiger partial charge in [-0.15, -0.1) is 11.3 Å². The molecular formula is C45H28N3OPS. The lowest BCUT2D eigenvalue weighted by molar-refractivity contribution is 0.614. The summed E-state index contributed by atoms with van der Waals surface area (Å²) in [4.78, 5) is 4.64. The van der Waals surface area contributed by atoms with Crippen molar-refractivity contribution < 1.29 is 4.42 Å². The number of para-hydroxylation sites is 2. The molecule has 4 nitrogen and oxygen atoms in total. The summed E-state index contributed by atoms with van der Waals surface area (Å²) >= 11 is 1.91. The molecule has 0 aliphatic rings. The van der Waals surface area contributed by atoms with Gasteiger partial charge in [-0.25, -0.2) is 0 Å². The van der Waals surface area contributed by atoms with Crippen molar-refractivity contribution in [1.82, 2.24) is 13.9 Å². The predicted octanol–water partition coefficient (Wildman–Crippen LogP) is 11.8. The highest BCUT2D eigenvalue weighted by atomic mass is 32.1. The molecule has 0 aliphatic heterocycles. The van der Waals surface area contributed by atoms with E-state index in [9.17, 15) is 0 Å². The zero-order valence-electron chi connectivity index (χ0n) is 27.3. The molecule has 5 aromatic heterocycles. The number of benzene rings is 6. The minimum absolute atomic E-state index is 0.853. The zero-order chi connectivity index (χ0) is 33.5. The highest BCUT2D eigenvalue weighted by Crippen LogP contribution is 2.51. The summed E-state index contributed by atoms with van der Waals surface area (Å²) in [5, 5.41) is 8.74. The van der Waals surface area contributed by atoms with E-state index in [4.69, 9.17) is 4.42 Å². The van der Waals surface area contributed by atoms with Gasteiger partial charge in [0.1, 0.15) is 11.8 Å². The Labute approximate surface area is 298 Å². The molecule has 6 heteroatoms. The molecule has 11 rings (SSSR count). The predicted molar refractivity (Wildman–Crippen MR) is 217 cm³/mol. The van der Waals surface area contributed by atoms with Crippen LogP contribution >= 0.6 is 19.4 Å². The molecule has 0 bridgehead atoms. The molecule has 0 saturated heterocycles. The largest absolute Gasteiger partial charge is 0.462 e. The van der Waals surface area contributed by atoms with Crippen LogP contribution in [0.5, 0.6) is 0 Å². The lowest BCUT2D eigenvalue weighted by Gasteiger charge is -2.22. The third-order valence-corrected chi connectivity index (χ3v) is 13.6. The first-order valence-electron chi connectivity index (χ1n) is 17.0. The van der Waals surface area contributed by atoms with Gasteiger partial charge in [-0.2, -0.15) is 0 Å². The minimum atomic E-state index is -0.916. The Morgan fingerprint density at radius 3 is 2.02 bits per heavy atom. The van der Waals surface area contributed by atoms with Crippen LogP contribution in [0.1, 0.15) is 0 Å². The van der Waals surface area contributed by atoms with Gasteiger partial charge in [0.15, 0.2) is 0 Å². The van der Waals surface area contributed by atoms with E-state index in [1.54, 1.807) is 0 Å². The van der Waals surface area contributed by atoms with Crippen LogP contribution in [-0.4, -0.2) is 13.9 Å². The summed E-state index contributed by atoms with van der Waals surface area (Å²) in [5.74, 6) is 0. The molecule has 11 aromatic rings. The fourth-order valence-corrected chi connectivity index (χ4v) is 11.6. The quantitative estimate of drug-likeness (QED) is 0.169. The standard InChI is InChI=1S/C45H28N3OPS/c1-3-13-30(14-4-1)50(31-15-5-2-6-16-31)48-39-21-10-8-18-33(39)45-44(48)36-26-40-34(27-43(36)51-45)32-17-7-9-20-38(32)47(40)41-28-49-42-23-22-29(25-35(41)42)37-19-11-12-24-46-37/h1-28H. The summed E-state index contributed by atoms with van der Waals surface area (Å²) in [5.41, 5.74) is 8.76. The molecule has 0 radical (unpaired) electrons. The Bertz CT molecular complexity index is 3050. The van der Waals surface area contributed by atoms with Gasteiger partial charge in [0.05, 0.1) is 46.2 Å². The maximum Gasteiger partial charge on any atom is 0.136 e. The van der Waals surface area contributed by atoms with Crippen LogP contribution in [0.15, 0.2) is 175 Å². The van der Waals surface area contributed by atoms with E-state index in [1.807, 2.05) is 35.9 Å². The second-order valence-electron chi connectivity index (χ2n) is 12.9. The molecule has 0 N–H and O–H groups in total. The van der Waals surface area contributed by atoms with Crippen molar-refractivity contribution in [2.24, 2.45) is 0 Å². The smallest absolute Gasteiger partial charge is 0.136 e. The first kappa shape index (κ1) is 28.8. The van der Waals surface area contributed by atoms with E-state index in [0.29, 0.717) is 0 Å². The van der Waals surface area contributed by atoms with Crippen LogP contribution in [0.4, 0.5) is 0 Å². The summed E-state index contributed by atoms with van der Waals surface area (Å²) in [6.07, 6.45) is 3.75. The van der Waals surface area contributed by atoms with Gasteiger partial charge in [-0.1, -0.05) is 103 Å². The molecule has 0 aliphatic carbocycles. The van der Waals surface area contributed by atoms with Crippen molar-refractivity contribution in [2.75, 3.05) is 0 Å². The van der Waals surface area contributed by atoms with E-state index >= 15 is 0 Å². The maximum absolute atomic E-state index is 6.25. The fourth-order valence-electron chi connectivity index (χ4n) is 7.78. The van der Waals surface area contributed by atoms with Gasteiger partial charge in [0.2, 0.25) is 0 Å². The number of hydrogen-bond donors (Lipinski definition) is 0. The van der Waals surface area contributed by atoms with Gasteiger partial charge >= 0.3 is 0 Å². The Morgan fingerprint density at radius 2 is 1.25 bits per heavy atom. The highest BCUT2D eigenvalue weighted by Gasteiger charge is 2.26. The first-order chi connectivity index (χ1) is 25.3. The number of nitrogens with zero attached hydrogens (tertiary/aromatic N) is 3. The van der Waals surface area contributed by atoms with Gasteiger partial charge in [-0.3, -0.25) is 4.98 Å². The average Bonchev–Trinajstić information content (AvgIpc) is 3.94. The van der Waals surface area contributed by atoms with Crippen LogP contribution in [0.2, 0.25) is 0 Å². The van der Waals surface area contributed by atoms with Crippen molar-refractivity contribution in [2.45, 2.75) is 0 Å². The molecule has 0 unspecified atom stereocenters. The Kier molecular flexibility index (Phi) is 6.36. The number of fused-ring (bicyclic) bond motifs is 9. The Balaban J connectivity index is 1.25. The Hall–Kier alpha value is -6.00. The third kappa shape index (κ3) is 4.32. The summed E-state index contributed by atoms with van der Waals surface area (Å²) in [7, 11) is -0.916. The number of hydrogen-bond acceptors (Lipinski definition) is 3. The van der Waals surface area contributed by atoms with E-state index in [1.165, 1.54) is 52.6 Å². The number of pyridine rings is 1. The summed E-state index contributed by atoms with van der Waals surface area (Å²) in [6.45, 7) is 0. The Morgan fingerprint density at radius 1 is 0.549 bits per heavy atom. The second kappa shape index (κ2) is 11.3. The van der Waals surface area contributed by atoms with Crippen LogP contribution in [0.3, 0.4) is 0 Å². The van der Waals surface area contributed by atoms with Gasteiger partial charge < -0.3 is 13.3 Å².